The van der Waals surface area contributed by atoms with Gasteiger partial charge in [0.25, 0.3) is 0 Å². The van der Waals surface area contributed by atoms with E-state index in [2.05, 4.69) is 10.5 Å². The summed E-state index contributed by atoms with van der Waals surface area (Å²) in [5.74, 6) is 0. The van der Waals surface area contributed by atoms with Crippen molar-refractivity contribution in [3.8, 4) is 0 Å². The summed E-state index contributed by atoms with van der Waals surface area (Å²) in [6.45, 7) is 0. The quantitative estimate of drug-likeness (QED) is 0.456. The predicted octanol–water partition coefficient (Wildman–Crippen LogP) is 1.96. The number of thiocarbonyl (C=S) groups is 1. The molecule has 0 fully saturated rings. The van der Waals surface area contributed by atoms with Crippen LogP contribution in [0, 0.1) is 0 Å². The van der Waals surface area contributed by atoms with Gasteiger partial charge in [0.15, 0.2) is 5.11 Å². The normalized spacial score (nSPS) is 12.8. The van der Waals surface area contributed by atoms with Gasteiger partial charge in [-0.3, -0.25) is 5.43 Å². The van der Waals surface area contributed by atoms with E-state index in [0.717, 1.165) is 11.1 Å². The van der Waals surface area contributed by atoms with Crippen LogP contribution >= 0.6 is 12.2 Å². The lowest BCUT2D eigenvalue weighted by Crippen LogP contribution is -2.27. The number of aliphatic hydroxyl groups excluding tert-OH is 1. The van der Waals surface area contributed by atoms with Crippen molar-refractivity contribution in [2.75, 3.05) is 0 Å². The minimum Gasteiger partial charge on any atom is -0.382 e. The van der Waals surface area contributed by atoms with Gasteiger partial charge in [0.05, 0.1) is 0 Å². The molecule has 102 valence electrons. The molecule has 0 bridgehead atoms. The standard InChI is InChI=1S/C15H15N3OS/c16-15(20)18-17-13(11-7-3-1-4-8-11)14(19)12-9-5-2-6-10-12/h1-10,14,19H,(H3,16,18,20)/b17-13+. The number of nitrogens with one attached hydrogen (secondary N) is 1. The summed E-state index contributed by atoms with van der Waals surface area (Å²) in [6, 6.07) is 18.7. The molecule has 0 aliphatic carbocycles. The zero-order chi connectivity index (χ0) is 14.4. The molecule has 2 aromatic rings. The molecular weight excluding hydrogens is 270 g/mol. The second-order valence-corrected chi connectivity index (χ2v) is 4.59. The van der Waals surface area contributed by atoms with Crippen LogP contribution in [0.1, 0.15) is 17.2 Å². The molecule has 2 aromatic carbocycles. The van der Waals surface area contributed by atoms with Crippen molar-refractivity contribution in [2.24, 2.45) is 10.8 Å². The maximum atomic E-state index is 10.5. The Morgan fingerprint density at radius 3 is 2.15 bits per heavy atom. The van der Waals surface area contributed by atoms with Crippen LogP contribution in [0.3, 0.4) is 0 Å². The zero-order valence-electron chi connectivity index (χ0n) is 10.7. The average molecular weight is 285 g/mol. The largest absolute Gasteiger partial charge is 0.382 e. The summed E-state index contributed by atoms with van der Waals surface area (Å²) < 4.78 is 0. The molecular formula is C15H15N3OS. The Bertz CT molecular complexity index is 599. The van der Waals surface area contributed by atoms with Crippen molar-refractivity contribution >= 4 is 23.0 Å². The molecule has 0 saturated heterocycles. The predicted molar refractivity (Wildman–Crippen MR) is 84.3 cm³/mol. The lowest BCUT2D eigenvalue weighted by molar-refractivity contribution is 0.247. The van der Waals surface area contributed by atoms with Gasteiger partial charge in [0.2, 0.25) is 0 Å². The smallest absolute Gasteiger partial charge is 0.184 e. The minimum atomic E-state index is -0.861. The Morgan fingerprint density at radius 1 is 1.05 bits per heavy atom. The van der Waals surface area contributed by atoms with Gasteiger partial charge >= 0.3 is 0 Å². The number of hydrazone groups is 1. The van der Waals surface area contributed by atoms with Crippen LogP contribution in [0.25, 0.3) is 0 Å². The number of rotatable bonds is 4. The van der Waals surface area contributed by atoms with Gasteiger partial charge in [-0.2, -0.15) is 5.10 Å². The van der Waals surface area contributed by atoms with Crippen molar-refractivity contribution < 1.29 is 5.11 Å². The Balaban J connectivity index is 2.37. The molecule has 5 heteroatoms. The van der Waals surface area contributed by atoms with Gasteiger partial charge in [-0.05, 0) is 17.8 Å². The summed E-state index contributed by atoms with van der Waals surface area (Å²) in [5.41, 5.74) is 9.93. The number of hydrogen-bond donors (Lipinski definition) is 3. The summed E-state index contributed by atoms with van der Waals surface area (Å²) in [4.78, 5) is 0. The fourth-order valence-electron chi connectivity index (χ4n) is 1.80. The highest BCUT2D eigenvalue weighted by Crippen LogP contribution is 2.18. The van der Waals surface area contributed by atoms with E-state index < -0.39 is 6.10 Å². The second kappa shape index (κ2) is 6.79. The minimum absolute atomic E-state index is 0.0543. The van der Waals surface area contributed by atoms with Gasteiger partial charge in [-0.25, -0.2) is 0 Å². The molecule has 0 saturated carbocycles. The number of aliphatic hydroxyl groups is 1. The number of benzene rings is 2. The third-order valence-electron chi connectivity index (χ3n) is 2.73. The summed E-state index contributed by atoms with van der Waals surface area (Å²) >= 11 is 4.75. The first-order chi connectivity index (χ1) is 9.68. The summed E-state index contributed by atoms with van der Waals surface area (Å²) in [6.07, 6.45) is -0.861. The molecule has 0 amide bonds. The molecule has 20 heavy (non-hydrogen) atoms. The topological polar surface area (TPSA) is 70.6 Å². The van der Waals surface area contributed by atoms with E-state index in [4.69, 9.17) is 18.0 Å². The van der Waals surface area contributed by atoms with E-state index in [1.165, 1.54) is 0 Å². The van der Waals surface area contributed by atoms with Crippen LogP contribution in [0.15, 0.2) is 65.8 Å². The summed E-state index contributed by atoms with van der Waals surface area (Å²) in [7, 11) is 0. The Hall–Kier alpha value is -2.24. The number of nitrogens with two attached hydrogens (primary N) is 1. The highest BCUT2D eigenvalue weighted by Gasteiger charge is 2.17. The van der Waals surface area contributed by atoms with E-state index >= 15 is 0 Å². The van der Waals surface area contributed by atoms with Crippen LogP contribution in [-0.4, -0.2) is 15.9 Å². The first-order valence-corrected chi connectivity index (χ1v) is 6.51. The van der Waals surface area contributed by atoms with E-state index in [-0.39, 0.29) is 5.11 Å². The number of hydrogen-bond acceptors (Lipinski definition) is 3. The third-order valence-corrected chi connectivity index (χ3v) is 2.82. The van der Waals surface area contributed by atoms with E-state index in [0.29, 0.717) is 5.71 Å². The molecule has 0 heterocycles. The molecule has 0 aliphatic rings. The Labute approximate surface area is 122 Å². The molecule has 2 rings (SSSR count). The Morgan fingerprint density at radius 2 is 1.60 bits per heavy atom. The fourth-order valence-corrected chi connectivity index (χ4v) is 1.85. The third kappa shape index (κ3) is 3.63. The van der Waals surface area contributed by atoms with Crippen LogP contribution in [0.5, 0.6) is 0 Å². The van der Waals surface area contributed by atoms with Crippen LogP contribution in [0.2, 0.25) is 0 Å². The highest BCUT2D eigenvalue weighted by molar-refractivity contribution is 7.80. The van der Waals surface area contributed by atoms with E-state index in [9.17, 15) is 5.11 Å². The van der Waals surface area contributed by atoms with E-state index in [1.54, 1.807) is 0 Å². The molecule has 4 nitrogen and oxygen atoms in total. The first-order valence-electron chi connectivity index (χ1n) is 6.10. The van der Waals surface area contributed by atoms with Gasteiger partial charge in [-0.15, -0.1) is 0 Å². The van der Waals surface area contributed by atoms with Crippen molar-refractivity contribution in [1.82, 2.24) is 5.43 Å². The van der Waals surface area contributed by atoms with Crippen LogP contribution in [-0.2, 0) is 0 Å². The van der Waals surface area contributed by atoms with Gasteiger partial charge < -0.3 is 10.8 Å². The molecule has 0 aromatic heterocycles. The second-order valence-electron chi connectivity index (χ2n) is 4.15. The maximum absolute atomic E-state index is 10.5. The fraction of sp³-hybridized carbons (Fsp3) is 0.0667. The zero-order valence-corrected chi connectivity index (χ0v) is 11.5. The molecule has 4 N–H and O–H groups in total. The van der Waals surface area contributed by atoms with Crippen molar-refractivity contribution in [3.05, 3.63) is 71.8 Å². The molecule has 0 spiro atoms. The van der Waals surface area contributed by atoms with Gasteiger partial charge in [0.1, 0.15) is 11.8 Å². The SMILES string of the molecule is NC(=S)N/N=C(\c1ccccc1)C(O)c1ccccc1. The van der Waals surface area contributed by atoms with E-state index in [1.807, 2.05) is 60.7 Å². The molecule has 0 radical (unpaired) electrons. The van der Waals surface area contributed by atoms with Crippen LogP contribution in [0.4, 0.5) is 0 Å². The maximum Gasteiger partial charge on any atom is 0.184 e. The highest BCUT2D eigenvalue weighted by atomic mass is 32.1. The monoisotopic (exact) mass is 285 g/mol. The molecule has 0 aliphatic heterocycles. The average Bonchev–Trinajstić information content (AvgIpc) is 2.49. The van der Waals surface area contributed by atoms with Crippen LogP contribution < -0.4 is 11.2 Å². The van der Waals surface area contributed by atoms with Crippen molar-refractivity contribution in [1.29, 1.82) is 0 Å². The van der Waals surface area contributed by atoms with Gasteiger partial charge in [0, 0.05) is 5.56 Å². The molecule has 1 unspecified atom stereocenters. The van der Waals surface area contributed by atoms with Gasteiger partial charge in [-0.1, -0.05) is 60.7 Å². The lowest BCUT2D eigenvalue weighted by atomic mass is 9.99. The number of nitrogens with zero attached hydrogens (tertiary/aromatic N) is 1. The molecule has 1 atom stereocenters. The van der Waals surface area contributed by atoms with Crippen molar-refractivity contribution in [3.63, 3.8) is 0 Å². The Kier molecular flexibility index (Phi) is 4.81. The first kappa shape index (κ1) is 14.2. The van der Waals surface area contributed by atoms with Crippen molar-refractivity contribution in [2.45, 2.75) is 6.10 Å². The summed E-state index contributed by atoms with van der Waals surface area (Å²) in [5, 5.41) is 14.7. The lowest BCUT2D eigenvalue weighted by Gasteiger charge is -2.14.